The van der Waals surface area contributed by atoms with Crippen LogP contribution in [0.15, 0.2) is 21.9 Å². The molecule has 1 aliphatic heterocycles. The third-order valence-electron chi connectivity index (χ3n) is 6.50. The van der Waals surface area contributed by atoms with E-state index in [1.165, 1.54) is 0 Å². The Kier molecular flexibility index (Phi) is 8.26. The highest BCUT2D eigenvalue weighted by Crippen LogP contribution is 2.38. The lowest BCUT2D eigenvalue weighted by Crippen LogP contribution is -2.44. The first-order valence-electron chi connectivity index (χ1n) is 11.5. The highest BCUT2D eigenvalue weighted by molar-refractivity contribution is 5.72. The molecule has 1 aromatic heterocycles. The molecule has 0 bridgehead atoms. The minimum Gasteiger partial charge on any atom is -0.459 e. The number of aliphatic hydroxyl groups excluding tert-OH is 2. The number of aliphatic hydroxyl groups is 2. The van der Waals surface area contributed by atoms with Gasteiger partial charge in [-0.25, -0.2) is 13.8 Å². The van der Waals surface area contributed by atoms with Gasteiger partial charge in [-0.05, 0) is 25.7 Å². The molecule has 1 aromatic rings. The van der Waals surface area contributed by atoms with Crippen LogP contribution in [0.3, 0.4) is 0 Å². The third-order valence-corrected chi connectivity index (χ3v) is 6.50. The number of nitrogens with zero attached hydrogens (tertiary/aromatic N) is 2. The molecule has 190 valence electrons. The number of carbonyl (C=O) groups excluding carboxylic acids is 2. The van der Waals surface area contributed by atoms with Gasteiger partial charge < -0.3 is 24.4 Å². The van der Waals surface area contributed by atoms with E-state index in [-0.39, 0.29) is 5.92 Å². The van der Waals surface area contributed by atoms with E-state index in [0.717, 1.165) is 25.1 Å². The molecule has 1 aliphatic carbocycles. The molecular formula is C22H31FN2O9. The van der Waals surface area contributed by atoms with Gasteiger partial charge in [0.15, 0.2) is 19.6 Å². The largest absolute Gasteiger partial charge is 0.459 e. The number of esters is 2. The fraction of sp³-hybridized carbons (Fsp3) is 0.727. The predicted octanol–water partition coefficient (Wildman–Crippen LogP) is 0.597. The van der Waals surface area contributed by atoms with Crippen molar-refractivity contribution < 1.29 is 38.4 Å². The van der Waals surface area contributed by atoms with Gasteiger partial charge in [-0.2, -0.15) is 0 Å². The van der Waals surface area contributed by atoms with Gasteiger partial charge in [-0.3, -0.25) is 19.0 Å². The Morgan fingerprint density at radius 3 is 2.47 bits per heavy atom. The van der Waals surface area contributed by atoms with Gasteiger partial charge in [0.05, 0.1) is 11.8 Å². The molecule has 4 atom stereocenters. The third kappa shape index (κ3) is 5.23. The van der Waals surface area contributed by atoms with Crippen LogP contribution in [0.4, 0.5) is 4.39 Å². The summed E-state index contributed by atoms with van der Waals surface area (Å²) in [6.45, 7) is 1.89. The normalized spacial score (nSPS) is 27.3. The Labute approximate surface area is 195 Å². The van der Waals surface area contributed by atoms with Gasteiger partial charge in [0, 0.05) is 12.3 Å². The number of carbonyl (C=O) groups is 2. The molecule has 2 heterocycles. The summed E-state index contributed by atoms with van der Waals surface area (Å²) in [6, 6.07) is 0.957. The Hall–Kier alpha value is -2.57. The van der Waals surface area contributed by atoms with Crippen LogP contribution in [0.5, 0.6) is 0 Å². The Morgan fingerprint density at radius 1 is 1.21 bits per heavy atom. The lowest BCUT2D eigenvalue weighted by Gasteiger charge is -2.23. The van der Waals surface area contributed by atoms with E-state index in [9.17, 15) is 29.4 Å². The van der Waals surface area contributed by atoms with Crippen LogP contribution < -0.4 is 11.2 Å². The van der Waals surface area contributed by atoms with Crippen LogP contribution in [0.2, 0.25) is 0 Å². The van der Waals surface area contributed by atoms with E-state index in [1.54, 1.807) is 13.8 Å². The maximum atomic E-state index is 15.3. The van der Waals surface area contributed by atoms with Crippen LogP contribution >= 0.6 is 0 Å². The number of hydrogen-bond acceptors (Lipinski definition) is 9. The van der Waals surface area contributed by atoms with E-state index in [4.69, 9.17) is 14.2 Å². The van der Waals surface area contributed by atoms with Crippen molar-refractivity contribution in [3.63, 3.8) is 0 Å². The zero-order valence-electron chi connectivity index (χ0n) is 19.2. The summed E-state index contributed by atoms with van der Waals surface area (Å²) < 4.78 is 31.8. The minimum atomic E-state index is -2.98. The lowest BCUT2D eigenvalue weighted by atomic mass is 10.0. The molecule has 2 fully saturated rings. The second-order valence-electron chi connectivity index (χ2n) is 8.70. The van der Waals surface area contributed by atoms with Crippen molar-refractivity contribution in [1.82, 2.24) is 9.13 Å². The first-order chi connectivity index (χ1) is 16.1. The topological polar surface area (TPSA) is 146 Å². The zero-order valence-corrected chi connectivity index (χ0v) is 19.2. The van der Waals surface area contributed by atoms with Crippen molar-refractivity contribution in [2.24, 2.45) is 11.8 Å². The number of hydrogen-bond donors (Lipinski definition) is 2. The molecule has 0 spiro atoms. The standard InChI is InChI=1S/C22H31FN2O9/c1-3-13(4-2)19(29)32-11-22(23)17(28)16(27)18(34-22)24-10-9-15(26)25(21(24)31)12-33-20(30)14-7-5-6-8-14/h9-10,13-14,16-18,27-28H,3-8,11-12H2,1-2H3/t16-,17+,18-,22-/m1/s1. The molecule has 12 heteroatoms. The smallest absolute Gasteiger partial charge is 0.335 e. The summed E-state index contributed by atoms with van der Waals surface area (Å²) in [5.74, 6) is -4.92. The first-order valence-corrected chi connectivity index (χ1v) is 11.5. The second-order valence-corrected chi connectivity index (χ2v) is 8.70. The van der Waals surface area contributed by atoms with Crippen LogP contribution in [0, 0.1) is 11.8 Å². The number of ether oxygens (including phenoxy) is 3. The molecular weight excluding hydrogens is 455 g/mol. The van der Waals surface area contributed by atoms with E-state index in [1.807, 2.05) is 0 Å². The molecule has 0 radical (unpaired) electrons. The fourth-order valence-electron chi connectivity index (χ4n) is 4.25. The summed E-state index contributed by atoms with van der Waals surface area (Å²) in [4.78, 5) is 49.3. The number of alkyl halides is 1. The monoisotopic (exact) mass is 486 g/mol. The average Bonchev–Trinajstić information content (AvgIpc) is 3.43. The van der Waals surface area contributed by atoms with Gasteiger partial charge in [-0.15, -0.1) is 0 Å². The number of halogens is 1. The molecule has 0 aromatic carbocycles. The van der Waals surface area contributed by atoms with E-state index in [2.05, 4.69) is 0 Å². The molecule has 11 nitrogen and oxygen atoms in total. The maximum Gasteiger partial charge on any atom is 0.335 e. The molecule has 0 amide bonds. The Morgan fingerprint density at radius 2 is 1.85 bits per heavy atom. The SMILES string of the molecule is CCC(CC)C(=O)OC[C@@]1(F)O[C@@H](n2ccc(=O)n(COC(=O)C3CCCC3)c2=O)[C@H](O)[C@@H]1O. The van der Waals surface area contributed by atoms with Crippen LogP contribution in [0.1, 0.15) is 58.6 Å². The molecule has 3 rings (SSSR count). The summed E-state index contributed by atoms with van der Waals surface area (Å²) in [5, 5.41) is 20.6. The predicted molar refractivity (Wildman–Crippen MR) is 114 cm³/mol. The molecule has 2 aliphatic rings. The van der Waals surface area contributed by atoms with Crippen molar-refractivity contribution in [3.8, 4) is 0 Å². The van der Waals surface area contributed by atoms with Gasteiger partial charge >= 0.3 is 17.6 Å². The number of rotatable bonds is 9. The summed E-state index contributed by atoms with van der Waals surface area (Å²) in [5.41, 5.74) is -1.82. The van der Waals surface area contributed by atoms with E-state index >= 15 is 4.39 Å². The van der Waals surface area contributed by atoms with Gasteiger partial charge in [0.25, 0.3) is 11.4 Å². The van der Waals surface area contributed by atoms with Crippen molar-refractivity contribution in [3.05, 3.63) is 33.1 Å². The van der Waals surface area contributed by atoms with Crippen molar-refractivity contribution in [2.75, 3.05) is 6.61 Å². The molecule has 34 heavy (non-hydrogen) atoms. The Balaban J connectivity index is 1.75. The molecule has 0 unspecified atom stereocenters. The van der Waals surface area contributed by atoms with E-state index < -0.39 is 66.7 Å². The summed E-state index contributed by atoms with van der Waals surface area (Å²) >= 11 is 0. The fourth-order valence-corrected chi connectivity index (χ4v) is 4.25. The van der Waals surface area contributed by atoms with Gasteiger partial charge in [-0.1, -0.05) is 26.7 Å². The average molecular weight is 486 g/mol. The first kappa shape index (κ1) is 26.0. The molecule has 1 saturated heterocycles. The minimum absolute atomic E-state index is 0.286. The van der Waals surface area contributed by atoms with Gasteiger partial charge in [0.1, 0.15) is 12.2 Å². The zero-order chi connectivity index (χ0) is 25.0. The van der Waals surface area contributed by atoms with Crippen LogP contribution in [-0.4, -0.2) is 56.0 Å². The molecule has 1 saturated carbocycles. The van der Waals surface area contributed by atoms with Gasteiger partial charge in [0.2, 0.25) is 0 Å². The Bertz CT molecular complexity index is 999. The van der Waals surface area contributed by atoms with E-state index in [0.29, 0.717) is 34.8 Å². The lowest BCUT2D eigenvalue weighted by molar-refractivity contribution is -0.218. The maximum absolute atomic E-state index is 15.3. The summed E-state index contributed by atoms with van der Waals surface area (Å²) in [6.07, 6.45) is -0.707. The highest BCUT2D eigenvalue weighted by Gasteiger charge is 2.57. The highest BCUT2D eigenvalue weighted by atomic mass is 19.2. The number of aromatic nitrogens is 2. The second kappa shape index (κ2) is 10.8. The molecule has 2 N–H and O–H groups in total. The summed E-state index contributed by atoms with van der Waals surface area (Å²) in [7, 11) is 0. The van der Waals surface area contributed by atoms with Crippen LogP contribution in [0.25, 0.3) is 0 Å². The van der Waals surface area contributed by atoms with Crippen LogP contribution in [-0.2, 0) is 30.5 Å². The quantitative estimate of drug-likeness (QED) is 0.479. The van der Waals surface area contributed by atoms with Crippen molar-refractivity contribution in [1.29, 1.82) is 0 Å². The van der Waals surface area contributed by atoms with Crippen molar-refractivity contribution >= 4 is 11.9 Å². The van der Waals surface area contributed by atoms with Crippen molar-refractivity contribution in [2.45, 2.75) is 83.4 Å².